The summed E-state index contributed by atoms with van der Waals surface area (Å²) in [5.41, 5.74) is 0. The highest BCUT2D eigenvalue weighted by Crippen LogP contribution is 2.08. The highest BCUT2D eigenvalue weighted by Gasteiger charge is 2.21. The molecule has 0 aromatic rings. The van der Waals surface area contributed by atoms with E-state index in [-0.39, 0.29) is 24.4 Å². The molecule has 0 saturated carbocycles. The van der Waals surface area contributed by atoms with E-state index in [0.29, 0.717) is 6.42 Å². The van der Waals surface area contributed by atoms with Gasteiger partial charge in [0.15, 0.2) is 0 Å². The van der Waals surface area contributed by atoms with Crippen LogP contribution >= 0.6 is 11.8 Å². The second-order valence-corrected chi connectivity index (χ2v) is 5.07. The Bertz CT molecular complexity index is 254. The number of thioether (sulfide) groups is 1. The van der Waals surface area contributed by atoms with Crippen molar-refractivity contribution >= 4 is 23.6 Å². The summed E-state index contributed by atoms with van der Waals surface area (Å²) in [4.78, 5) is 22.1. The van der Waals surface area contributed by atoms with Crippen LogP contribution in [0.1, 0.15) is 19.8 Å². The van der Waals surface area contributed by atoms with E-state index >= 15 is 0 Å². The molecule has 0 bridgehead atoms. The third-order valence-electron chi connectivity index (χ3n) is 2.42. The van der Waals surface area contributed by atoms with Gasteiger partial charge >= 0.3 is 5.97 Å². The first kappa shape index (κ1) is 13.3. The summed E-state index contributed by atoms with van der Waals surface area (Å²) in [7, 11) is 0. The molecule has 2 atom stereocenters. The van der Waals surface area contributed by atoms with E-state index in [1.807, 2.05) is 6.92 Å². The lowest BCUT2D eigenvalue weighted by Gasteiger charge is -2.24. The largest absolute Gasteiger partial charge is 0.481 e. The molecule has 1 aliphatic heterocycles. The van der Waals surface area contributed by atoms with E-state index < -0.39 is 5.97 Å². The van der Waals surface area contributed by atoms with Crippen LogP contribution in [0, 0.1) is 0 Å². The predicted octanol–water partition coefficient (Wildman–Crippen LogP) is 0.0609. The van der Waals surface area contributed by atoms with Gasteiger partial charge in [-0.3, -0.25) is 9.59 Å². The summed E-state index contributed by atoms with van der Waals surface area (Å²) < 4.78 is 0. The van der Waals surface area contributed by atoms with Gasteiger partial charge in [-0.05, 0) is 13.3 Å². The molecule has 0 aromatic carbocycles. The van der Waals surface area contributed by atoms with Crippen molar-refractivity contribution in [1.82, 2.24) is 10.6 Å². The van der Waals surface area contributed by atoms with Gasteiger partial charge in [-0.25, -0.2) is 0 Å². The van der Waals surface area contributed by atoms with E-state index in [9.17, 15) is 9.59 Å². The van der Waals surface area contributed by atoms with Crippen LogP contribution < -0.4 is 10.6 Å². The molecule has 1 saturated heterocycles. The van der Waals surface area contributed by atoms with E-state index in [0.717, 1.165) is 18.1 Å². The van der Waals surface area contributed by atoms with Gasteiger partial charge in [0, 0.05) is 30.5 Å². The van der Waals surface area contributed by atoms with Crippen LogP contribution in [-0.2, 0) is 9.59 Å². The molecule has 5 nitrogen and oxygen atoms in total. The molecular weight excluding hydrogens is 228 g/mol. The Morgan fingerprint density at radius 1 is 1.62 bits per heavy atom. The van der Waals surface area contributed by atoms with Gasteiger partial charge < -0.3 is 15.7 Å². The first-order valence-corrected chi connectivity index (χ1v) is 6.58. The van der Waals surface area contributed by atoms with Crippen LogP contribution in [0.4, 0.5) is 0 Å². The van der Waals surface area contributed by atoms with Gasteiger partial charge in [-0.1, -0.05) is 0 Å². The van der Waals surface area contributed by atoms with Gasteiger partial charge in [-0.15, -0.1) is 0 Å². The first-order valence-electron chi connectivity index (χ1n) is 5.43. The summed E-state index contributed by atoms with van der Waals surface area (Å²) in [6.45, 7) is 2.68. The monoisotopic (exact) mass is 246 g/mol. The fourth-order valence-corrected chi connectivity index (χ4v) is 2.42. The minimum Gasteiger partial charge on any atom is -0.481 e. The van der Waals surface area contributed by atoms with E-state index in [2.05, 4.69) is 10.6 Å². The molecule has 92 valence electrons. The Hall–Kier alpha value is -0.750. The molecule has 0 radical (unpaired) electrons. The average molecular weight is 246 g/mol. The minimum atomic E-state index is -0.826. The maximum absolute atomic E-state index is 11.7. The van der Waals surface area contributed by atoms with Crippen molar-refractivity contribution in [3.63, 3.8) is 0 Å². The maximum atomic E-state index is 11.7. The fourth-order valence-electron chi connectivity index (χ4n) is 1.49. The summed E-state index contributed by atoms with van der Waals surface area (Å²) in [5, 5.41) is 14.5. The Morgan fingerprint density at radius 2 is 2.38 bits per heavy atom. The molecule has 16 heavy (non-hydrogen) atoms. The summed E-state index contributed by atoms with van der Waals surface area (Å²) >= 11 is 1.76. The Morgan fingerprint density at radius 3 is 2.94 bits per heavy atom. The van der Waals surface area contributed by atoms with Crippen LogP contribution in [0.5, 0.6) is 0 Å². The second-order valence-electron chi connectivity index (χ2n) is 3.92. The van der Waals surface area contributed by atoms with Crippen LogP contribution in [0.2, 0.25) is 0 Å². The molecular formula is C10H18N2O3S. The normalized spacial score (nSPS) is 22.4. The van der Waals surface area contributed by atoms with Gasteiger partial charge in [0.1, 0.15) is 0 Å². The molecule has 1 aliphatic rings. The SMILES string of the molecule is CC(CCC(=O)O)NC(=O)C1CSCCN1. The maximum Gasteiger partial charge on any atom is 0.303 e. The number of rotatable bonds is 5. The van der Waals surface area contributed by atoms with Crippen molar-refractivity contribution < 1.29 is 14.7 Å². The van der Waals surface area contributed by atoms with E-state index in [4.69, 9.17) is 5.11 Å². The lowest BCUT2D eigenvalue weighted by Crippen LogP contribution is -2.51. The summed E-state index contributed by atoms with van der Waals surface area (Å²) in [6.07, 6.45) is 0.565. The molecule has 1 fully saturated rings. The van der Waals surface area contributed by atoms with Crippen LogP contribution in [-0.4, -0.2) is 47.1 Å². The number of carboxylic acids is 1. The number of aliphatic carboxylic acids is 1. The number of nitrogens with one attached hydrogen (secondary N) is 2. The zero-order valence-corrected chi connectivity index (χ0v) is 10.2. The number of hydrogen-bond acceptors (Lipinski definition) is 4. The van der Waals surface area contributed by atoms with Crippen LogP contribution in [0.3, 0.4) is 0 Å². The topological polar surface area (TPSA) is 78.4 Å². The summed E-state index contributed by atoms with van der Waals surface area (Å²) in [6, 6.07) is -0.219. The lowest BCUT2D eigenvalue weighted by molar-refractivity contribution is -0.137. The number of carbonyl (C=O) groups excluding carboxylic acids is 1. The van der Waals surface area contributed by atoms with Crippen molar-refractivity contribution in [1.29, 1.82) is 0 Å². The van der Waals surface area contributed by atoms with E-state index in [1.165, 1.54) is 0 Å². The number of hydrogen-bond donors (Lipinski definition) is 3. The quantitative estimate of drug-likeness (QED) is 0.639. The molecule has 1 amide bonds. The second kappa shape index (κ2) is 6.75. The van der Waals surface area contributed by atoms with Gasteiger partial charge in [0.2, 0.25) is 5.91 Å². The lowest BCUT2D eigenvalue weighted by atomic mass is 10.1. The Balaban J connectivity index is 2.23. The first-order chi connectivity index (χ1) is 7.59. The summed E-state index contributed by atoms with van der Waals surface area (Å²) in [5.74, 6) is 0.980. The molecule has 0 spiro atoms. The third kappa shape index (κ3) is 4.85. The Kier molecular flexibility index (Phi) is 5.62. The van der Waals surface area contributed by atoms with Gasteiger partial charge in [0.05, 0.1) is 6.04 Å². The van der Waals surface area contributed by atoms with Crippen molar-refractivity contribution in [2.24, 2.45) is 0 Å². The third-order valence-corrected chi connectivity index (χ3v) is 3.48. The molecule has 3 N–H and O–H groups in total. The van der Waals surface area contributed by atoms with E-state index in [1.54, 1.807) is 11.8 Å². The smallest absolute Gasteiger partial charge is 0.303 e. The fraction of sp³-hybridized carbons (Fsp3) is 0.800. The molecule has 1 rings (SSSR count). The van der Waals surface area contributed by atoms with Crippen LogP contribution in [0.25, 0.3) is 0 Å². The highest BCUT2D eigenvalue weighted by atomic mass is 32.2. The standard InChI is InChI=1S/C10H18N2O3S/c1-7(2-3-9(13)14)12-10(15)8-6-16-5-4-11-8/h7-8,11H,2-6H2,1H3,(H,12,15)(H,13,14). The van der Waals surface area contributed by atoms with Crippen molar-refractivity contribution in [2.75, 3.05) is 18.1 Å². The van der Waals surface area contributed by atoms with Crippen molar-refractivity contribution in [3.05, 3.63) is 0 Å². The Labute approximate surface area is 99.4 Å². The molecule has 1 heterocycles. The number of carbonyl (C=O) groups is 2. The van der Waals surface area contributed by atoms with Gasteiger partial charge in [0.25, 0.3) is 0 Å². The van der Waals surface area contributed by atoms with Gasteiger partial charge in [-0.2, -0.15) is 11.8 Å². The zero-order valence-electron chi connectivity index (χ0n) is 9.36. The molecule has 0 aromatic heterocycles. The average Bonchev–Trinajstić information content (AvgIpc) is 2.27. The minimum absolute atomic E-state index is 0.0231. The predicted molar refractivity (Wildman–Crippen MR) is 63.6 cm³/mol. The number of carboxylic acid groups (broad SMARTS) is 1. The number of amides is 1. The highest BCUT2D eigenvalue weighted by molar-refractivity contribution is 7.99. The molecule has 2 unspecified atom stereocenters. The van der Waals surface area contributed by atoms with Crippen molar-refractivity contribution in [2.45, 2.75) is 31.8 Å². The molecule has 6 heteroatoms. The van der Waals surface area contributed by atoms with Crippen molar-refractivity contribution in [3.8, 4) is 0 Å². The zero-order chi connectivity index (χ0) is 12.0. The van der Waals surface area contributed by atoms with Crippen LogP contribution in [0.15, 0.2) is 0 Å². The molecule has 0 aliphatic carbocycles.